The summed E-state index contributed by atoms with van der Waals surface area (Å²) < 4.78 is 13.1. The molecule has 1 heterocycles. The van der Waals surface area contributed by atoms with E-state index in [0.29, 0.717) is 16.5 Å². The van der Waals surface area contributed by atoms with Crippen molar-refractivity contribution in [3.8, 4) is 0 Å². The number of carbonyl (C=O) groups is 1. The van der Waals surface area contributed by atoms with Gasteiger partial charge >= 0.3 is 0 Å². The first-order valence-electron chi connectivity index (χ1n) is 3.75. The molecule has 0 saturated carbocycles. The van der Waals surface area contributed by atoms with Gasteiger partial charge in [-0.2, -0.15) is 0 Å². The lowest BCUT2D eigenvalue weighted by Gasteiger charge is -1.98. The number of hydrogen-bond donors (Lipinski definition) is 2. The van der Waals surface area contributed by atoms with Crippen molar-refractivity contribution in [3.63, 3.8) is 0 Å². The number of nitrogens with two attached hydrogens (primary N) is 1. The Kier molecular flexibility index (Phi) is 1.55. The number of hydrogen-bond acceptors (Lipinski definition) is 1. The van der Waals surface area contributed by atoms with E-state index >= 15 is 0 Å². The Labute approximate surface area is 73.4 Å². The monoisotopic (exact) mass is 178 g/mol. The Balaban J connectivity index is 2.86. The molecule has 3 N–H and O–H groups in total. The van der Waals surface area contributed by atoms with E-state index in [1.165, 1.54) is 12.1 Å². The number of primary amides is 1. The molecule has 3 nitrogen and oxygen atoms in total. The predicted molar refractivity (Wildman–Crippen MR) is 46.8 cm³/mol. The summed E-state index contributed by atoms with van der Waals surface area (Å²) in [5.74, 6) is -0.922. The molecule has 0 aliphatic carbocycles. The third kappa shape index (κ3) is 1.07. The highest BCUT2D eigenvalue weighted by atomic mass is 19.1. The van der Waals surface area contributed by atoms with E-state index in [2.05, 4.69) is 4.98 Å². The van der Waals surface area contributed by atoms with Gasteiger partial charge in [0.15, 0.2) is 0 Å². The van der Waals surface area contributed by atoms with Crippen LogP contribution in [0.1, 0.15) is 10.4 Å². The predicted octanol–water partition coefficient (Wildman–Crippen LogP) is 1.41. The highest BCUT2D eigenvalue weighted by molar-refractivity contribution is 6.04. The molecule has 13 heavy (non-hydrogen) atoms. The number of benzene rings is 1. The topological polar surface area (TPSA) is 58.9 Å². The Hall–Kier alpha value is -1.84. The first-order valence-corrected chi connectivity index (χ1v) is 3.75. The number of H-pyrrole nitrogens is 1. The van der Waals surface area contributed by atoms with Crippen molar-refractivity contribution in [1.82, 2.24) is 4.98 Å². The van der Waals surface area contributed by atoms with Crippen LogP contribution in [0.15, 0.2) is 24.4 Å². The van der Waals surface area contributed by atoms with Crippen LogP contribution in [0.2, 0.25) is 0 Å². The first kappa shape index (κ1) is 7.79. The number of rotatable bonds is 1. The summed E-state index contributed by atoms with van der Waals surface area (Å²) in [4.78, 5) is 13.7. The van der Waals surface area contributed by atoms with Crippen molar-refractivity contribution in [2.75, 3.05) is 0 Å². The van der Waals surface area contributed by atoms with Crippen LogP contribution in [0, 0.1) is 5.82 Å². The van der Waals surface area contributed by atoms with Gasteiger partial charge in [0.2, 0.25) is 0 Å². The minimum absolute atomic E-state index is 0.307. The van der Waals surface area contributed by atoms with E-state index in [1.54, 1.807) is 12.3 Å². The maximum absolute atomic E-state index is 13.1. The summed E-state index contributed by atoms with van der Waals surface area (Å²) in [5.41, 5.74) is 5.87. The van der Waals surface area contributed by atoms with Gasteiger partial charge < -0.3 is 10.7 Å². The molecule has 0 fully saturated rings. The second kappa shape index (κ2) is 2.58. The van der Waals surface area contributed by atoms with Crippen molar-refractivity contribution < 1.29 is 9.18 Å². The van der Waals surface area contributed by atoms with Gasteiger partial charge in [0, 0.05) is 11.6 Å². The van der Waals surface area contributed by atoms with E-state index in [-0.39, 0.29) is 5.82 Å². The zero-order valence-electron chi connectivity index (χ0n) is 6.67. The minimum atomic E-state index is -0.563. The normalized spacial score (nSPS) is 10.5. The highest BCUT2D eigenvalue weighted by Gasteiger charge is 2.09. The summed E-state index contributed by atoms with van der Waals surface area (Å²) in [6.07, 6.45) is 1.57. The fourth-order valence-corrected chi connectivity index (χ4v) is 1.33. The molecular formula is C9H7FN2O. The second-order valence-electron chi connectivity index (χ2n) is 2.73. The molecule has 0 saturated heterocycles. The molecule has 1 aromatic heterocycles. The van der Waals surface area contributed by atoms with Crippen LogP contribution in [0.3, 0.4) is 0 Å². The van der Waals surface area contributed by atoms with Gasteiger partial charge in [0.25, 0.3) is 5.91 Å². The van der Waals surface area contributed by atoms with Gasteiger partial charge in [-0.25, -0.2) is 4.39 Å². The number of carbonyl (C=O) groups excluding carboxylic acids is 1. The van der Waals surface area contributed by atoms with Gasteiger partial charge in [-0.1, -0.05) is 0 Å². The van der Waals surface area contributed by atoms with E-state index in [0.717, 1.165) is 0 Å². The maximum Gasteiger partial charge on any atom is 0.250 e. The maximum atomic E-state index is 13.1. The number of halogens is 1. The molecule has 2 rings (SSSR count). The fourth-order valence-electron chi connectivity index (χ4n) is 1.33. The summed E-state index contributed by atoms with van der Waals surface area (Å²) in [5, 5.41) is 0.385. The lowest BCUT2D eigenvalue weighted by atomic mass is 10.1. The lowest BCUT2D eigenvalue weighted by Crippen LogP contribution is -2.11. The van der Waals surface area contributed by atoms with Gasteiger partial charge in [0.05, 0.1) is 11.1 Å². The third-order valence-electron chi connectivity index (χ3n) is 1.94. The third-order valence-corrected chi connectivity index (χ3v) is 1.94. The van der Waals surface area contributed by atoms with Crippen LogP contribution in [0.25, 0.3) is 10.9 Å². The molecule has 0 radical (unpaired) electrons. The average Bonchev–Trinajstić information content (AvgIpc) is 2.53. The molecule has 0 spiro atoms. The Morgan fingerprint density at radius 1 is 1.38 bits per heavy atom. The number of aromatic amines is 1. The van der Waals surface area contributed by atoms with E-state index in [1.807, 2.05) is 0 Å². The molecule has 0 aliphatic heterocycles. The molecular weight excluding hydrogens is 171 g/mol. The second-order valence-corrected chi connectivity index (χ2v) is 2.73. The fraction of sp³-hybridized carbons (Fsp3) is 0. The van der Waals surface area contributed by atoms with Gasteiger partial charge in [0.1, 0.15) is 5.82 Å². The quantitative estimate of drug-likeness (QED) is 0.681. The smallest absolute Gasteiger partial charge is 0.250 e. The van der Waals surface area contributed by atoms with Crippen molar-refractivity contribution >= 4 is 16.8 Å². The van der Waals surface area contributed by atoms with Gasteiger partial charge in [-0.05, 0) is 18.2 Å². The zero-order valence-corrected chi connectivity index (χ0v) is 6.67. The molecule has 1 amide bonds. The first-order chi connectivity index (χ1) is 6.20. The summed E-state index contributed by atoms with van der Waals surface area (Å²) >= 11 is 0. The van der Waals surface area contributed by atoms with Crippen LogP contribution >= 0.6 is 0 Å². The van der Waals surface area contributed by atoms with E-state index < -0.39 is 5.91 Å². The van der Waals surface area contributed by atoms with Crippen LogP contribution in [-0.4, -0.2) is 10.9 Å². The van der Waals surface area contributed by atoms with Crippen molar-refractivity contribution in [2.24, 2.45) is 5.73 Å². The van der Waals surface area contributed by atoms with Crippen LogP contribution < -0.4 is 5.73 Å². The SMILES string of the molecule is NC(=O)c1ccc(F)c2cc[nH]c12. The molecule has 0 aliphatic rings. The molecule has 66 valence electrons. The number of fused-ring (bicyclic) bond motifs is 1. The summed E-state index contributed by atoms with van der Waals surface area (Å²) in [6.45, 7) is 0. The largest absolute Gasteiger partial charge is 0.366 e. The molecule has 2 aromatic rings. The highest BCUT2D eigenvalue weighted by Crippen LogP contribution is 2.19. The van der Waals surface area contributed by atoms with Gasteiger partial charge in [-0.3, -0.25) is 4.79 Å². The average molecular weight is 178 g/mol. The number of nitrogens with one attached hydrogen (secondary N) is 1. The molecule has 0 bridgehead atoms. The van der Waals surface area contributed by atoms with Crippen molar-refractivity contribution in [3.05, 3.63) is 35.8 Å². The minimum Gasteiger partial charge on any atom is -0.366 e. The number of aromatic nitrogens is 1. The van der Waals surface area contributed by atoms with E-state index in [4.69, 9.17) is 5.73 Å². The molecule has 0 unspecified atom stereocenters. The summed E-state index contributed by atoms with van der Waals surface area (Å²) in [7, 11) is 0. The van der Waals surface area contributed by atoms with Crippen LogP contribution in [0.4, 0.5) is 4.39 Å². The van der Waals surface area contributed by atoms with Crippen LogP contribution in [-0.2, 0) is 0 Å². The molecule has 1 aromatic carbocycles. The van der Waals surface area contributed by atoms with Gasteiger partial charge in [-0.15, -0.1) is 0 Å². The molecule has 0 atom stereocenters. The standard InChI is InChI=1S/C9H7FN2O/c10-7-2-1-6(9(11)13)8-5(7)3-4-12-8/h1-4,12H,(H2,11,13). The number of amides is 1. The zero-order chi connectivity index (χ0) is 9.42. The Bertz CT molecular complexity index is 475. The van der Waals surface area contributed by atoms with Crippen molar-refractivity contribution in [1.29, 1.82) is 0 Å². The van der Waals surface area contributed by atoms with E-state index in [9.17, 15) is 9.18 Å². The Morgan fingerprint density at radius 3 is 2.85 bits per heavy atom. The van der Waals surface area contributed by atoms with Crippen LogP contribution in [0.5, 0.6) is 0 Å². The molecule has 4 heteroatoms. The Morgan fingerprint density at radius 2 is 2.15 bits per heavy atom. The van der Waals surface area contributed by atoms with Crippen molar-refractivity contribution in [2.45, 2.75) is 0 Å². The summed E-state index contributed by atoms with van der Waals surface area (Å²) in [6, 6.07) is 4.17. The lowest BCUT2D eigenvalue weighted by molar-refractivity contribution is 0.100.